The molecule has 3 heterocycles. The van der Waals surface area contributed by atoms with E-state index in [9.17, 15) is 4.79 Å². The summed E-state index contributed by atoms with van der Waals surface area (Å²) in [4.78, 5) is 25.6. The number of nitrogens with zero attached hydrogens (tertiary/aromatic N) is 3. The molecule has 5 rings (SSSR count). The van der Waals surface area contributed by atoms with E-state index in [1.54, 1.807) is 18.3 Å². The van der Waals surface area contributed by atoms with E-state index >= 15 is 0 Å². The Morgan fingerprint density at radius 1 is 1.33 bits per heavy atom. The van der Waals surface area contributed by atoms with E-state index in [1.165, 1.54) is 0 Å². The second kappa shape index (κ2) is 5.50. The Morgan fingerprint density at radius 3 is 2.89 bits per heavy atom. The molecule has 1 aliphatic carbocycles. The molecule has 0 radical (unpaired) electrons. The van der Waals surface area contributed by atoms with Gasteiger partial charge in [0, 0.05) is 11.1 Å². The number of fused-ring (bicyclic) bond motifs is 2. The first-order chi connectivity index (χ1) is 12.9. The minimum absolute atomic E-state index is 0.0302. The lowest BCUT2D eigenvalue weighted by Crippen LogP contribution is -2.19. The van der Waals surface area contributed by atoms with Gasteiger partial charge in [-0.15, -0.1) is 11.3 Å². The van der Waals surface area contributed by atoms with Gasteiger partial charge in [0.25, 0.3) is 5.91 Å². The van der Waals surface area contributed by atoms with E-state index < -0.39 is 5.91 Å². The molecule has 0 bridgehead atoms. The van der Waals surface area contributed by atoms with E-state index in [1.807, 2.05) is 23.7 Å². The minimum atomic E-state index is -0.546. The standard InChI is InChI=1S/C19H17N5O2S/c1-9-13(15(20)25)14-17(24-19(2)5-6-19)22-16(23-18(14)26-9)10-3-4-12-11(7-10)21-8-27-12/h3-4,7-8H,5-6H2,1-2H3,(H2,20,25)(H,22,23,24). The summed E-state index contributed by atoms with van der Waals surface area (Å²) in [6.07, 6.45) is 2.09. The number of thiazole rings is 1. The van der Waals surface area contributed by atoms with Crippen LogP contribution in [-0.4, -0.2) is 26.4 Å². The summed E-state index contributed by atoms with van der Waals surface area (Å²) in [5.41, 5.74) is 9.80. The number of primary amides is 1. The Balaban J connectivity index is 1.75. The Hall–Kier alpha value is -3.00. The van der Waals surface area contributed by atoms with Gasteiger partial charge in [0.1, 0.15) is 11.6 Å². The predicted molar refractivity (Wildman–Crippen MR) is 105 cm³/mol. The van der Waals surface area contributed by atoms with Crippen molar-refractivity contribution in [2.45, 2.75) is 32.2 Å². The molecule has 3 aromatic heterocycles. The molecule has 1 saturated carbocycles. The molecule has 0 atom stereocenters. The van der Waals surface area contributed by atoms with E-state index in [0.717, 1.165) is 28.6 Å². The van der Waals surface area contributed by atoms with Crippen molar-refractivity contribution in [1.82, 2.24) is 15.0 Å². The van der Waals surface area contributed by atoms with Crippen molar-refractivity contribution in [1.29, 1.82) is 0 Å². The van der Waals surface area contributed by atoms with Gasteiger partial charge in [0.15, 0.2) is 5.82 Å². The topological polar surface area (TPSA) is 107 Å². The molecule has 0 spiro atoms. The Labute approximate surface area is 158 Å². The molecule has 0 aliphatic heterocycles. The first-order valence-electron chi connectivity index (χ1n) is 8.66. The maximum atomic E-state index is 12.0. The number of carbonyl (C=O) groups is 1. The van der Waals surface area contributed by atoms with Crippen LogP contribution < -0.4 is 11.1 Å². The van der Waals surface area contributed by atoms with Crippen molar-refractivity contribution < 1.29 is 9.21 Å². The highest BCUT2D eigenvalue weighted by molar-refractivity contribution is 7.16. The van der Waals surface area contributed by atoms with Crippen molar-refractivity contribution in [2.75, 3.05) is 5.32 Å². The van der Waals surface area contributed by atoms with E-state index in [-0.39, 0.29) is 5.54 Å². The van der Waals surface area contributed by atoms with Crippen molar-refractivity contribution in [3.05, 3.63) is 35.0 Å². The van der Waals surface area contributed by atoms with Gasteiger partial charge in [0.05, 0.1) is 26.7 Å². The molecule has 27 heavy (non-hydrogen) atoms. The first-order valence-corrected chi connectivity index (χ1v) is 9.54. The van der Waals surface area contributed by atoms with Crippen LogP contribution in [0.3, 0.4) is 0 Å². The highest BCUT2D eigenvalue weighted by atomic mass is 32.1. The molecule has 1 amide bonds. The molecule has 1 aliphatic rings. The Kier molecular flexibility index (Phi) is 3.30. The molecule has 0 unspecified atom stereocenters. The van der Waals surface area contributed by atoms with Crippen LogP contribution >= 0.6 is 11.3 Å². The number of hydrogen-bond donors (Lipinski definition) is 2. The van der Waals surface area contributed by atoms with Crippen LogP contribution in [0.1, 0.15) is 35.9 Å². The summed E-state index contributed by atoms with van der Waals surface area (Å²) in [6, 6.07) is 5.93. The van der Waals surface area contributed by atoms with Crippen LogP contribution in [0.2, 0.25) is 0 Å². The SMILES string of the molecule is Cc1oc2nc(-c3ccc4scnc4c3)nc(NC3(C)CC3)c2c1C(N)=O. The number of nitrogens with two attached hydrogens (primary N) is 1. The fourth-order valence-electron chi connectivity index (χ4n) is 3.22. The molecule has 7 nitrogen and oxygen atoms in total. The molecule has 8 heteroatoms. The van der Waals surface area contributed by atoms with Crippen LogP contribution in [-0.2, 0) is 0 Å². The summed E-state index contributed by atoms with van der Waals surface area (Å²) in [5.74, 6) is 1.01. The van der Waals surface area contributed by atoms with Crippen molar-refractivity contribution >= 4 is 44.4 Å². The molecule has 3 N–H and O–H groups in total. The van der Waals surface area contributed by atoms with Gasteiger partial charge in [-0.1, -0.05) is 0 Å². The van der Waals surface area contributed by atoms with Gasteiger partial charge in [-0.3, -0.25) is 4.79 Å². The number of hydrogen-bond acceptors (Lipinski definition) is 7. The summed E-state index contributed by atoms with van der Waals surface area (Å²) < 4.78 is 6.87. The quantitative estimate of drug-likeness (QED) is 0.557. The average molecular weight is 379 g/mol. The highest BCUT2D eigenvalue weighted by Crippen LogP contribution is 2.41. The minimum Gasteiger partial charge on any atom is -0.442 e. The molecular weight excluding hydrogens is 362 g/mol. The summed E-state index contributed by atoms with van der Waals surface area (Å²) in [6.45, 7) is 3.84. The third-order valence-corrected chi connectivity index (χ3v) is 5.79. The van der Waals surface area contributed by atoms with Crippen LogP contribution in [0.5, 0.6) is 0 Å². The zero-order valence-corrected chi connectivity index (χ0v) is 15.7. The number of furan rings is 1. The number of benzene rings is 1. The zero-order chi connectivity index (χ0) is 18.8. The first kappa shape index (κ1) is 16.2. The molecule has 1 fully saturated rings. The second-order valence-electron chi connectivity index (χ2n) is 7.19. The van der Waals surface area contributed by atoms with Crippen LogP contribution in [0.15, 0.2) is 28.1 Å². The molecule has 0 saturated heterocycles. The zero-order valence-electron chi connectivity index (χ0n) is 14.9. The summed E-state index contributed by atoms with van der Waals surface area (Å²) in [5, 5.41) is 4.00. The van der Waals surface area contributed by atoms with Gasteiger partial charge in [-0.05, 0) is 44.9 Å². The lowest BCUT2D eigenvalue weighted by molar-refractivity contribution is 0.1000. The average Bonchev–Trinajstić information content (AvgIpc) is 3.05. The third kappa shape index (κ3) is 2.64. The van der Waals surface area contributed by atoms with Gasteiger partial charge in [0.2, 0.25) is 5.71 Å². The van der Waals surface area contributed by atoms with E-state index in [0.29, 0.717) is 34.1 Å². The summed E-state index contributed by atoms with van der Waals surface area (Å²) in [7, 11) is 0. The second-order valence-corrected chi connectivity index (χ2v) is 8.08. The number of carbonyl (C=O) groups excluding carboxylic acids is 1. The van der Waals surface area contributed by atoms with Crippen LogP contribution in [0.4, 0.5) is 5.82 Å². The largest absolute Gasteiger partial charge is 0.442 e. The molecule has 136 valence electrons. The van der Waals surface area contributed by atoms with Crippen LogP contribution in [0, 0.1) is 6.92 Å². The lowest BCUT2D eigenvalue weighted by atomic mass is 10.1. The Bertz CT molecular complexity index is 1220. The monoisotopic (exact) mass is 379 g/mol. The number of amides is 1. The van der Waals surface area contributed by atoms with Crippen LogP contribution in [0.25, 0.3) is 32.7 Å². The number of nitrogens with one attached hydrogen (secondary N) is 1. The van der Waals surface area contributed by atoms with E-state index in [2.05, 4.69) is 22.2 Å². The van der Waals surface area contributed by atoms with Crippen molar-refractivity contribution in [3.63, 3.8) is 0 Å². The normalized spacial score (nSPS) is 15.3. The smallest absolute Gasteiger partial charge is 0.253 e. The highest BCUT2D eigenvalue weighted by Gasteiger charge is 2.38. The number of aromatic nitrogens is 3. The number of aryl methyl sites for hydroxylation is 1. The van der Waals surface area contributed by atoms with Gasteiger partial charge >= 0.3 is 0 Å². The maximum absolute atomic E-state index is 12.0. The van der Waals surface area contributed by atoms with Gasteiger partial charge in [-0.2, -0.15) is 4.98 Å². The lowest BCUT2D eigenvalue weighted by Gasteiger charge is -2.14. The summed E-state index contributed by atoms with van der Waals surface area (Å²) >= 11 is 1.59. The predicted octanol–water partition coefficient (Wildman–Crippen LogP) is 3.87. The van der Waals surface area contributed by atoms with Crippen molar-refractivity contribution in [2.24, 2.45) is 5.73 Å². The number of rotatable bonds is 4. The van der Waals surface area contributed by atoms with E-state index in [4.69, 9.17) is 15.1 Å². The molecule has 4 aromatic rings. The number of anilines is 1. The van der Waals surface area contributed by atoms with Gasteiger partial charge in [-0.25, -0.2) is 9.97 Å². The third-order valence-electron chi connectivity index (χ3n) is 4.98. The molecule has 1 aromatic carbocycles. The fraction of sp³-hybridized carbons (Fsp3) is 0.263. The molecular formula is C19H17N5O2S. The Morgan fingerprint density at radius 2 is 2.15 bits per heavy atom. The van der Waals surface area contributed by atoms with Gasteiger partial charge < -0.3 is 15.5 Å². The fourth-order valence-corrected chi connectivity index (χ4v) is 3.88. The van der Waals surface area contributed by atoms with Crippen molar-refractivity contribution in [3.8, 4) is 11.4 Å². The maximum Gasteiger partial charge on any atom is 0.253 e.